The smallest absolute Gasteiger partial charge is 0.416 e. The van der Waals surface area contributed by atoms with Gasteiger partial charge in [0.15, 0.2) is 5.60 Å². The highest BCUT2D eigenvalue weighted by molar-refractivity contribution is 5.87. The number of halogens is 3. The van der Waals surface area contributed by atoms with E-state index in [4.69, 9.17) is 9.84 Å². The molecule has 132 valence electrons. The summed E-state index contributed by atoms with van der Waals surface area (Å²) >= 11 is 0. The van der Waals surface area contributed by atoms with Crippen LogP contribution in [0.5, 0.6) is 5.75 Å². The maximum atomic E-state index is 12.8. The van der Waals surface area contributed by atoms with Gasteiger partial charge in [0, 0.05) is 11.6 Å². The SMILES string of the molecule is CCOC(=O)/C=C/c1cc(C(F)(F)F)ccc1OC(C)(C)C(=O)O. The molecule has 8 heteroatoms. The number of alkyl halides is 3. The van der Waals surface area contributed by atoms with E-state index in [1.165, 1.54) is 13.8 Å². The first-order valence-electron chi connectivity index (χ1n) is 6.96. The Morgan fingerprint density at radius 2 is 1.88 bits per heavy atom. The molecule has 24 heavy (non-hydrogen) atoms. The van der Waals surface area contributed by atoms with E-state index in [1.54, 1.807) is 6.92 Å². The number of carbonyl (C=O) groups excluding carboxylic acids is 1. The largest absolute Gasteiger partial charge is 0.478 e. The van der Waals surface area contributed by atoms with E-state index in [-0.39, 0.29) is 17.9 Å². The Morgan fingerprint density at radius 3 is 2.38 bits per heavy atom. The molecule has 0 aromatic heterocycles. The summed E-state index contributed by atoms with van der Waals surface area (Å²) in [7, 11) is 0. The van der Waals surface area contributed by atoms with Crippen LogP contribution in [-0.4, -0.2) is 29.3 Å². The van der Waals surface area contributed by atoms with E-state index in [1.807, 2.05) is 0 Å². The van der Waals surface area contributed by atoms with Crippen LogP contribution in [0.3, 0.4) is 0 Å². The molecule has 0 heterocycles. The van der Waals surface area contributed by atoms with Gasteiger partial charge in [-0.05, 0) is 45.0 Å². The number of hydrogen-bond acceptors (Lipinski definition) is 4. The number of aliphatic carboxylic acids is 1. The predicted octanol–water partition coefficient (Wildman–Crippen LogP) is 3.52. The minimum Gasteiger partial charge on any atom is -0.478 e. The van der Waals surface area contributed by atoms with Gasteiger partial charge in [-0.1, -0.05) is 0 Å². The second-order valence-electron chi connectivity index (χ2n) is 5.25. The van der Waals surface area contributed by atoms with Crippen molar-refractivity contribution in [2.45, 2.75) is 32.5 Å². The van der Waals surface area contributed by atoms with Crippen LogP contribution >= 0.6 is 0 Å². The van der Waals surface area contributed by atoms with E-state index >= 15 is 0 Å². The molecule has 0 aliphatic heterocycles. The molecule has 0 fully saturated rings. The minimum absolute atomic E-state index is 0.0906. The molecule has 0 unspecified atom stereocenters. The van der Waals surface area contributed by atoms with E-state index < -0.39 is 29.3 Å². The molecule has 1 aromatic carbocycles. The van der Waals surface area contributed by atoms with Crippen molar-refractivity contribution in [3.8, 4) is 5.75 Å². The third-order valence-corrected chi connectivity index (χ3v) is 2.90. The third kappa shape index (κ3) is 5.29. The Kier molecular flexibility index (Phi) is 6.00. The lowest BCUT2D eigenvalue weighted by Crippen LogP contribution is -2.38. The molecule has 0 saturated carbocycles. The van der Waals surface area contributed by atoms with Gasteiger partial charge in [-0.15, -0.1) is 0 Å². The molecule has 0 amide bonds. The van der Waals surface area contributed by atoms with Gasteiger partial charge >= 0.3 is 18.1 Å². The number of rotatable bonds is 6. The third-order valence-electron chi connectivity index (χ3n) is 2.90. The zero-order chi connectivity index (χ0) is 18.5. The van der Waals surface area contributed by atoms with E-state index in [0.717, 1.165) is 30.4 Å². The second kappa shape index (κ2) is 7.37. The molecular formula is C16H17F3O5. The van der Waals surface area contributed by atoms with Crippen molar-refractivity contribution in [3.63, 3.8) is 0 Å². The maximum absolute atomic E-state index is 12.8. The van der Waals surface area contributed by atoms with Gasteiger partial charge in [0.05, 0.1) is 12.2 Å². The predicted molar refractivity (Wildman–Crippen MR) is 79.5 cm³/mol. The summed E-state index contributed by atoms with van der Waals surface area (Å²) in [6.45, 7) is 4.21. The van der Waals surface area contributed by atoms with Gasteiger partial charge in [-0.25, -0.2) is 9.59 Å². The van der Waals surface area contributed by atoms with Crippen molar-refractivity contribution >= 4 is 18.0 Å². The van der Waals surface area contributed by atoms with Crippen LogP contribution in [0.4, 0.5) is 13.2 Å². The lowest BCUT2D eigenvalue weighted by molar-refractivity contribution is -0.152. The fourth-order valence-corrected chi connectivity index (χ4v) is 1.61. The Hall–Kier alpha value is -2.51. The van der Waals surface area contributed by atoms with Crippen molar-refractivity contribution in [1.82, 2.24) is 0 Å². The number of carboxylic acid groups (broad SMARTS) is 1. The number of ether oxygens (including phenoxy) is 2. The summed E-state index contributed by atoms with van der Waals surface area (Å²) < 4.78 is 48.4. The van der Waals surface area contributed by atoms with Crippen molar-refractivity contribution < 1.29 is 37.3 Å². The topological polar surface area (TPSA) is 72.8 Å². The zero-order valence-electron chi connectivity index (χ0n) is 13.3. The van der Waals surface area contributed by atoms with Gasteiger partial charge in [0.1, 0.15) is 5.75 Å². The van der Waals surface area contributed by atoms with Crippen LogP contribution in [-0.2, 0) is 20.5 Å². The lowest BCUT2D eigenvalue weighted by atomic mass is 10.1. The Bertz CT molecular complexity index is 648. The second-order valence-corrected chi connectivity index (χ2v) is 5.25. The first-order chi connectivity index (χ1) is 11.0. The first kappa shape index (κ1) is 19.5. The average molecular weight is 346 g/mol. The van der Waals surface area contributed by atoms with Crippen molar-refractivity contribution in [3.05, 3.63) is 35.4 Å². The summed E-state index contributed by atoms with van der Waals surface area (Å²) in [5.74, 6) is -2.13. The van der Waals surface area contributed by atoms with Gasteiger partial charge in [0.2, 0.25) is 0 Å². The van der Waals surface area contributed by atoms with Crippen LogP contribution < -0.4 is 4.74 Å². The zero-order valence-corrected chi connectivity index (χ0v) is 13.3. The first-order valence-corrected chi connectivity index (χ1v) is 6.96. The number of esters is 1. The van der Waals surface area contributed by atoms with E-state index in [0.29, 0.717) is 0 Å². The summed E-state index contributed by atoms with van der Waals surface area (Å²) in [5, 5.41) is 9.07. The van der Waals surface area contributed by atoms with Crippen LogP contribution in [0, 0.1) is 0 Å². The molecule has 0 aliphatic rings. The quantitative estimate of drug-likeness (QED) is 0.630. The molecular weight excluding hydrogens is 329 g/mol. The van der Waals surface area contributed by atoms with Crippen LogP contribution in [0.25, 0.3) is 6.08 Å². The maximum Gasteiger partial charge on any atom is 0.416 e. The normalized spacial score (nSPS) is 12.2. The van der Waals surface area contributed by atoms with Crippen molar-refractivity contribution in [1.29, 1.82) is 0 Å². The molecule has 1 N–H and O–H groups in total. The summed E-state index contributed by atoms with van der Waals surface area (Å²) in [6, 6.07) is 2.55. The molecule has 0 atom stereocenters. The molecule has 0 spiro atoms. The van der Waals surface area contributed by atoms with Crippen LogP contribution in [0.2, 0.25) is 0 Å². The number of carboxylic acids is 1. The molecule has 1 aromatic rings. The molecule has 0 bridgehead atoms. The van der Waals surface area contributed by atoms with Crippen LogP contribution in [0.1, 0.15) is 31.9 Å². The monoisotopic (exact) mass is 346 g/mol. The van der Waals surface area contributed by atoms with Crippen molar-refractivity contribution in [2.24, 2.45) is 0 Å². The van der Waals surface area contributed by atoms with Gasteiger partial charge in [0.25, 0.3) is 0 Å². The minimum atomic E-state index is -4.59. The summed E-state index contributed by atoms with van der Waals surface area (Å²) in [6.07, 6.45) is -2.56. The summed E-state index contributed by atoms with van der Waals surface area (Å²) in [4.78, 5) is 22.5. The van der Waals surface area contributed by atoms with Crippen LogP contribution in [0.15, 0.2) is 24.3 Å². The molecule has 0 saturated heterocycles. The van der Waals surface area contributed by atoms with E-state index in [2.05, 4.69) is 4.74 Å². The van der Waals surface area contributed by atoms with Crippen molar-refractivity contribution in [2.75, 3.05) is 6.61 Å². The number of hydrogen-bond donors (Lipinski definition) is 1. The average Bonchev–Trinajstić information content (AvgIpc) is 2.44. The highest BCUT2D eigenvalue weighted by Crippen LogP contribution is 2.34. The standard InChI is InChI=1S/C16H17F3O5/c1-4-23-13(20)8-5-10-9-11(16(17,18)19)6-7-12(10)24-15(2,3)14(21)22/h5-9H,4H2,1-3H3,(H,21,22)/b8-5+. The van der Waals surface area contributed by atoms with Gasteiger partial charge in [-0.2, -0.15) is 13.2 Å². The number of benzene rings is 1. The Labute approximate surface area is 136 Å². The highest BCUT2D eigenvalue weighted by atomic mass is 19.4. The van der Waals surface area contributed by atoms with E-state index in [9.17, 15) is 22.8 Å². The molecule has 5 nitrogen and oxygen atoms in total. The Morgan fingerprint density at radius 1 is 1.25 bits per heavy atom. The fourth-order valence-electron chi connectivity index (χ4n) is 1.61. The number of carbonyl (C=O) groups is 2. The lowest BCUT2D eigenvalue weighted by Gasteiger charge is -2.23. The molecule has 0 aliphatic carbocycles. The highest BCUT2D eigenvalue weighted by Gasteiger charge is 2.33. The molecule has 1 rings (SSSR count). The fraction of sp³-hybridized carbons (Fsp3) is 0.375. The summed E-state index contributed by atoms with van der Waals surface area (Å²) in [5.41, 5.74) is -2.70. The van der Waals surface area contributed by atoms with Gasteiger partial charge in [-0.3, -0.25) is 0 Å². The Balaban J connectivity index is 3.27. The molecule has 0 radical (unpaired) electrons. The van der Waals surface area contributed by atoms with Gasteiger partial charge < -0.3 is 14.6 Å².